The third-order valence-electron chi connectivity index (χ3n) is 4.17. The molecule has 3 rings (SSSR count). The Kier molecular flexibility index (Phi) is 6.62. The molecule has 1 amide bonds. The number of nitrogens with two attached hydrogens (primary N) is 1. The third kappa shape index (κ3) is 4.88. The lowest BCUT2D eigenvalue weighted by molar-refractivity contribution is -0.684. The molecule has 28 heavy (non-hydrogen) atoms. The summed E-state index contributed by atoms with van der Waals surface area (Å²) in [7, 11) is 0. The molecule has 0 unspecified atom stereocenters. The fourth-order valence-corrected chi connectivity index (χ4v) is 3.74. The van der Waals surface area contributed by atoms with Crippen molar-refractivity contribution < 1.29 is 24.1 Å². The number of esters is 1. The number of carbonyl (C=O) groups is 2. The number of thiophene rings is 1. The highest BCUT2D eigenvalue weighted by Crippen LogP contribution is 2.35. The van der Waals surface area contributed by atoms with Gasteiger partial charge in [-0.25, -0.2) is 4.79 Å². The maximum Gasteiger partial charge on any atom is 0.350 e. The van der Waals surface area contributed by atoms with Gasteiger partial charge in [0.25, 0.3) is 5.91 Å². The summed E-state index contributed by atoms with van der Waals surface area (Å²) < 4.78 is 10.5. The molecule has 0 spiro atoms. The first-order valence-corrected chi connectivity index (χ1v) is 9.93. The molecule has 2 heterocycles. The second-order valence-corrected chi connectivity index (χ2v) is 7.28. The highest BCUT2D eigenvalue weighted by atomic mass is 32.1. The van der Waals surface area contributed by atoms with Crippen molar-refractivity contribution >= 4 is 28.9 Å². The SMILES string of the molecule is CCOC(=O)c1sc(-c2ccccc2)cc1NC(=O)C[NH2+][C@@H](C)c1ccco1. The number of ether oxygens (including phenoxy) is 1. The predicted molar refractivity (Wildman–Crippen MR) is 108 cm³/mol. The number of carbonyl (C=O) groups excluding carboxylic acids is 2. The Morgan fingerprint density at radius 1 is 1.21 bits per heavy atom. The van der Waals surface area contributed by atoms with Crippen LogP contribution >= 0.6 is 11.3 Å². The van der Waals surface area contributed by atoms with Gasteiger partial charge in [0.1, 0.15) is 10.9 Å². The Labute approximate surface area is 167 Å². The third-order valence-corrected chi connectivity index (χ3v) is 5.34. The summed E-state index contributed by atoms with van der Waals surface area (Å²) >= 11 is 1.31. The van der Waals surface area contributed by atoms with Crippen LogP contribution in [-0.4, -0.2) is 25.0 Å². The minimum absolute atomic E-state index is 0.0210. The van der Waals surface area contributed by atoms with Crippen LogP contribution in [0.1, 0.15) is 35.3 Å². The van der Waals surface area contributed by atoms with Crippen LogP contribution < -0.4 is 10.6 Å². The highest BCUT2D eigenvalue weighted by Gasteiger charge is 2.21. The minimum atomic E-state index is -0.432. The molecule has 3 aromatic rings. The summed E-state index contributed by atoms with van der Waals surface area (Å²) in [6, 6.07) is 15.3. The van der Waals surface area contributed by atoms with Gasteiger partial charge >= 0.3 is 5.97 Å². The van der Waals surface area contributed by atoms with Crippen LogP contribution in [0.2, 0.25) is 0 Å². The Morgan fingerprint density at radius 3 is 2.68 bits per heavy atom. The van der Waals surface area contributed by atoms with Crippen molar-refractivity contribution in [2.75, 3.05) is 18.5 Å². The van der Waals surface area contributed by atoms with Crippen LogP contribution in [-0.2, 0) is 9.53 Å². The number of nitrogens with one attached hydrogen (secondary N) is 1. The molecule has 0 bridgehead atoms. The molecule has 1 aromatic carbocycles. The van der Waals surface area contributed by atoms with E-state index in [0.29, 0.717) is 10.6 Å². The van der Waals surface area contributed by atoms with Gasteiger partial charge in [-0.05, 0) is 37.6 Å². The zero-order valence-electron chi connectivity index (χ0n) is 15.8. The smallest absolute Gasteiger partial charge is 0.350 e. The lowest BCUT2D eigenvalue weighted by atomic mass is 10.2. The molecule has 0 saturated heterocycles. The number of hydrogen-bond acceptors (Lipinski definition) is 5. The van der Waals surface area contributed by atoms with E-state index in [0.717, 1.165) is 16.2 Å². The van der Waals surface area contributed by atoms with Crippen molar-refractivity contribution in [1.82, 2.24) is 0 Å². The minimum Gasteiger partial charge on any atom is -0.463 e. The average molecular weight is 399 g/mol. The van der Waals surface area contributed by atoms with Crippen molar-refractivity contribution in [1.29, 1.82) is 0 Å². The molecule has 0 saturated carbocycles. The van der Waals surface area contributed by atoms with Crippen molar-refractivity contribution in [2.45, 2.75) is 19.9 Å². The van der Waals surface area contributed by atoms with Gasteiger partial charge in [-0.1, -0.05) is 30.3 Å². The van der Waals surface area contributed by atoms with E-state index < -0.39 is 5.97 Å². The topological polar surface area (TPSA) is 85.1 Å². The number of anilines is 1. The van der Waals surface area contributed by atoms with E-state index in [9.17, 15) is 9.59 Å². The van der Waals surface area contributed by atoms with Crippen LogP contribution in [0, 0.1) is 0 Å². The van der Waals surface area contributed by atoms with E-state index in [2.05, 4.69) is 5.32 Å². The van der Waals surface area contributed by atoms with Crippen LogP contribution in [0.25, 0.3) is 10.4 Å². The number of benzene rings is 1. The van der Waals surface area contributed by atoms with E-state index in [1.165, 1.54) is 11.3 Å². The van der Waals surface area contributed by atoms with Crippen LogP contribution in [0.4, 0.5) is 5.69 Å². The highest BCUT2D eigenvalue weighted by molar-refractivity contribution is 7.18. The van der Waals surface area contributed by atoms with Gasteiger partial charge in [0.15, 0.2) is 12.3 Å². The maximum absolute atomic E-state index is 12.4. The Hall–Kier alpha value is -2.90. The number of furan rings is 1. The van der Waals surface area contributed by atoms with E-state index >= 15 is 0 Å². The molecule has 146 valence electrons. The van der Waals surface area contributed by atoms with Crippen molar-refractivity contribution in [2.24, 2.45) is 0 Å². The van der Waals surface area contributed by atoms with Gasteiger partial charge in [0.2, 0.25) is 0 Å². The molecule has 7 heteroatoms. The summed E-state index contributed by atoms with van der Waals surface area (Å²) in [5.74, 6) is 0.182. The van der Waals surface area contributed by atoms with Gasteiger partial charge in [0.05, 0.1) is 18.6 Å². The molecule has 1 atom stereocenters. The normalized spacial score (nSPS) is 11.8. The van der Waals surface area contributed by atoms with E-state index in [4.69, 9.17) is 9.15 Å². The van der Waals surface area contributed by atoms with E-state index in [-0.39, 0.29) is 25.1 Å². The second kappa shape index (κ2) is 9.34. The summed E-state index contributed by atoms with van der Waals surface area (Å²) in [6.07, 6.45) is 1.61. The number of hydrogen-bond donors (Lipinski definition) is 2. The van der Waals surface area contributed by atoms with Crippen molar-refractivity contribution in [3.63, 3.8) is 0 Å². The lowest BCUT2D eigenvalue weighted by Crippen LogP contribution is -2.86. The first kappa shape index (κ1) is 19.9. The van der Waals surface area contributed by atoms with Crippen molar-refractivity contribution in [3.05, 3.63) is 65.4 Å². The Bertz CT molecular complexity index is 919. The van der Waals surface area contributed by atoms with Crippen LogP contribution in [0.5, 0.6) is 0 Å². The summed E-state index contributed by atoms with van der Waals surface area (Å²) in [5.41, 5.74) is 1.46. The Morgan fingerprint density at radius 2 is 2.00 bits per heavy atom. The maximum atomic E-state index is 12.4. The molecular weight excluding hydrogens is 376 g/mol. The monoisotopic (exact) mass is 399 g/mol. The standard InChI is InChI=1S/C21H22N2O4S/c1-3-26-21(25)20-16(12-18(28-20)15-8-5-4-6-9-15)23-19(24)13-22-14(2)17-10-7-11-27-17/h4-12,14,22H,3,13H2,1-2H3,(H,23,24)/p+1/t14-/m0/s1. The quantitative estimate of drug-likeness (QED) is 0.568. The first-order valence-electron chi connectivity index (χ1n) is 9.11. The molecule has 0 aliphatic rings. The summed E-state index contributed by atoms with van der Waals surface area (Å²) in [6.45, 7) is 4.21. The van der Waals surface area contributed by atoms with Gasteiger partial charge in [-0.3, -0.25) is 4.79 Å². The number of quaternary nitrogens is 1. The molecule has 0 aliphatic heterocycles. The fourth-order valence-electron chi connectivity index (χ4n) is 2.73. The predicted octanol–water partition coefficient (Wildman–Crippen LogP) is 3.45. The second-order valence-electron chi connectivity index (χ2n) is 6.23. The molecule has 0 fully saturated rings. The van der Waals surface area contributed by atoms with Crippen molar-refractivity contribution in [3.8, 4) is 10.4 Å². The zero-order valence-corrected chi connectivity index (χ0v) is 16.6. The number of rotatable bonds is 8. The zero-order chi connectivity index (χ0) is 19.9. The van der Waals surface area contributed by atoms with E-state index in [1.54, 1.807) is 13.2 Å². The lowest BCUT2D eigenvalue weighted by Gasteiger charge is -2.09. The van der Waals surface area contributed by atoms with Gasteiger partial charge in [-0.2, -0.15) is 0 Å². The summed E-state index contributed by atoms with van der Waals surface area (Å²) in [4.78, 5) is 26.1. The average Bonchev–Trinajstić information content (AvgIpc) is 3.37. The van der Waals surface area contributed by atoms with Gasteiger partial charge in [0, 0.05) is 4.88 Å². The first-order chi connectivity index (χ1) is 13.6. The largest absolute Gasteiger partial charge is 0.463 e. The fraction of sp³-hybridized carbons (Fsp3) is 0.238. The number of amides is 1. The van der Waals surface area contributed by atoms with Crippen LogP contribution in [0.15, 0.2) is 59.2 Å². The molecular formula is C21H23N2O4S+. The molecule has 0 aliphatic carbocycles. The molecule has 3 N–H and O–H groups in total. The van der Waals surface area contributed by atoms with Gasteiger partial charge < -0.3 is 19.8 Å². The molecule has 6 nitrogen and oxygen atoms in total. The van der Waals surface area contributed by atoms with Crippen LogP contribution in [0.3, 0.4) is 0 Å². The Balaban J connectivity index is 1.73. The van der Waals surface area contributed by atoms with E-state index in [1.807, 2.05) is 60.8 Å². The van der Waals surface area contributed by atoms with Gasteiger partial charge in [-0.15, -0.1) is 11.3 Å². The molecule has 0 radical (unpaired) electrons. The molecule has 2 aromatic heterocycles. The summed E-state index contributed by atoms with van der Waals surface area (Å²) in [5, 5.41) is 4.73.